The Hall–Kier alpha value is -2.16. The summed E-state index contributed by atoms with van der Waals surface area (Å²) >= 11 is 0. The monoisotopic (exact) mass is 213 g/mol. The van der Waals surface area contributed by atoms with Crippen molar-refractivity contribution in [2.45, 2.75) is 6.92 Å². The molecule has 0 bridgehead atoms. The third-order valence-electron chi connectivity index (χ3n) is 2.30. The average molecular weight is 213 g/mol. The second kappa shape index (κ2) is 4.14. The molecule has 0 unspecified atom stereocenters. The van der Waals surface area contributed by atoms with Gasteiger partial charge in [0, 0.05) is 22.7 Å². The molecule has 1 aromatic carbocycles. The summed E-state index contributed by atoms with van der Waals surface area (Å²) in [6.07, 6.45) is 2.69. The van der Waals surface area contributed by atoms with Gasteiger partial charge >= 0.3 is 5.97 Å². The number of pyridine rings is 1. The van der Waals surface area contributed by atoms with Crippen molar-refractivity contribution in [2.24, 2.45) is 0 Å². The molecule has 0 fully saturated rings. The maximum Gasteiger partial charge on any atom is 0.328 e. The van der Waals surface area contributed by atoms with Gasteiger partial charge in [-0.2, -0.15) is 0 Å². The minimum absolute atomic E-state index is 0.823. The number of aliphatic carboxylic acids is 1. The van der Waals surface area contributed by atoms with Gasteiger partial charge in [-0.15, -0.1) is 0 Å². The van der Waals surface area contributed by atoms with Gasteiger partial charge in [-0.1, -0.05) is 24.3 Å². The summed E-state index contributed by atoms with van der Waals surface area (Å²) in [6.45, 7) is 1.91. The van der Waals surface area contributed by atoms with Gasteiger partial charge in [0.05, 0.1) is 5.52 Å². The van der Waals surface area contributed by atoms with Crippen LogP contribution >= 0.6 is 0 Å². The molecule has 80 valence electrons. The maximum atomic E-state index is 10.5. The van der Waals surface area contributed by atoms with Crippen molar-refractivity contribution in [1.82, 2.24) is 4.98 Å². The van der Waals surface area contributed by atoms with E-state index in [-0.39, 0.29) is 0 Å². The predicted octanol–water partition coefficient (Wildman–Crippen LogP) is 2.64. The van der Waals surface area contributed by atoms with Gasteiger partial charge in [0.2, 0.25) is 0 Å². The summed E-state index contributed by atoms with van der Waals surface area (Å²) in [7, 11) is 0. The number of fused-ring (bicyclic) bond motifs is 1. The normalized spacial score (nSPS) is 11.1. The van der Waals surface area contributed by atoms with E-state index in [1.807, 2.05) is 37.3 Å². The third-order valence-corrected chi connectivity index (χ3v) is 2.30. The Labute approximate surface area is 93.1 Å². The number of carbonyl (C=O) groups is 1. The van der Waals surface area contributed by atoms with Crippen molar-refractivity contribution in [2.75, 3.05) is 0 Å². The lowest BCUT2D eigenvalue weighted by Crippen LogP contribution is -1.88. The van der Waals surface area contributed by atoms with Crippen LogP contribution in [0.15, 0.2) is 36.4 Å². The molecule has 16 heavy (non-hydrogen) atoms. The topological polar surface area (TPSA) is 50.2 Å². The highest BCUT2D eigenvalue weighted by Crippen LogP contribution is 2.18. The van der Waals surface area contributed by atoms with E-state index in [1.54, 1.807) is 6.08 Å². The molecule has 0 amide bonds. The highest BCUT2D eigenvalue weighted by Gasteiger charge is 2.00. The molecular formula is C13H11NO2. The molecular weight excluding hydrogens is 202 g/mol. The van der Waals surface area contributed by atoms with Crippen LogP contribution in [0.1, 0.15) is 11.3 Å². The van der Waals surface area contributed by atoms with Crippen molar-refractivity contribution in [3.63, 3.8) is 0 Å². The average Bonchev–Trinajstić information content (AvgIpc) is 2.26. The van der Waals surface area contributed by atoms with E-state index in [0.717, 1.165) is 28.2 Å². The Morgan fingerprint density at radius 3 is 2.88 bits per heavy atom. The molecule has 1 aromatic heterocycles. The molecule has 0 radical (unpaired) electrons. The van der Waals surface area contributed by atoms with E-state index < -0.39 is 5.97 Å². The number of carboxylic acid groups (broad SMARTS) is 1. The lowest BCUT2D eigenvalue weighted by molar-refractivity contribution is -0.131. The van der Waals surface area contributed by atoms with Crippen LogP contribution in [-0.2, 0) is 4.79 Å². The fourth-order valence-corrected chi connectivity index (χ4v) is 1.56. The Morgan fingerprint density at radius 1 is 1.31 bits per heavy atom. The zero-order valence-electron chi connectivity index (χ0n) is 8.84. The van der Waals surface area contributed by atoms with Crippen LogP contribution < -0.4 is 0 Å². The number of aryl methyl sites for hydroxylation is 1. The number of para-hydroxylation sites is 1. The fraction of sp³-hybridized carbons (Fsp3) is 0.0769. The maximum absolute atomic E-state index is 10.5. The summed E-state index contributed by atoms with van der Waals surface area (Å²) in [4.78, 5) is 14.9. The van der Waals surface area contributed by atoms with Crippen molar-refractivity contribution < 1.29 is 9.90 Å². The summed E-state index contributed by atoms with van der Waals surface area (Å²) in [5.74, 6) is -0.954. The summed E-state index contributed by atoms with van der Waals surface area (Å²) < 4.78 is 0. The Balaban J connectivity index is 2.60. The van der Waals surface area contributed by atoms with E-state index in [0.29, 0.717) is 0 Å². The third kappa shape index (κ3) is 2.08. The summed E-state index contributed by atoms with van der Waals surface area (Å²) in [6, 6.07) is 9.62. The Kier molecular flexibility index (Phi) is 2.68. The Bertz CT molecular complexity index is 573. The van der Waals surface area contributed by atoms with Crippen molar-refractivity contribution >= 4 is 22.9 Å². The van der Waals surface area contributed by atoms with Crippen molar-refractivity contribution in [3.05, 3.63) is 47.7 Å². The Morgan fingerprint density at radius 2 is 2.12 bits per heavy atom. The van der Waals surface area contributed by atoms with E-state index in [9.17, 15) is 4.79 Å². The highest BCUT2D eigenvalue weighted by molar-refractivity contribution is 5.92. The molecule has 2 aromatic rings. The number of carboxylic acids is 1. The van der Waals surface area contributed by atoms with E-state index >= 15 is 0 Å². The molecule has 0 spiro atoms. The van der Waals surface area contributed by atoms with Crippen molar-refractivity contribution in [1.29, 1.82) is 0 Å². The smallest absolute Gasteiger partial charge is 0.328 e. The summed E-state index contributed by atoms with van der Waals surface area (Å²) in [5.41, 5.74) is 2.58. The minimum Gasteiger partial charge on any atom is -0.478 e. The van der Waals surface area contributed by atoms with Crippen molar-refractivity contribution in [3.8, 4) is 0 Å². The standard InChI is InChI=1S/C13H11NO2/c1-9-5-6-10-3-2-4-11(13(10)14-9)7-8-12(15)16/h2-8H,1H3,(H,15,16)/b8-7+. The quantitative estimate of drug-likeness (QED) is 0.780. The molecule has 1 N–H and O–H groups in total. The van der Waals surface area contributed by atoms with Gasteiger partial charge in [-0.25, -0.2) is 4.79 Å². The molecule has 1 heterocycles. The first-order valence-corrected chi connectivity index (χ1v) is 4.94. The van der Waals surface area contributed by atoms with Crippen LogP contribution in [0.4, 0.5) is 0 Å². The molecule has 0 aliphatic heterocycles. The fourth-order valence-electron chi connectivity index (χ4n) is 1.56. The van der Waals surface area contributed by atoms with E-state index in [2.05, 4.69) is 4.98 Å². The number of nitrogens with zero attached hydrogens (tertiary/aromatic N) is 1. The number of hydrogen-bond donors (Lipinski definition) is 1. The number of rotatable bonds is 2. The SMILES string of the molecule is Cc1ccc2cccc(/C=C/C(=O)O)c2n1. The van der Waals surface area contributed by atoms with Crippen LogP contribution in [0.3, 0.4) is 0 Å². The zero-order chi connectivity index (χ0) is 11.5. The second-order valence-corrected chi connectivity index (χ2v) is 3.54. The van der Waals surface area contributed by atoms with Gasteiger partial charge in [-0.05, 0) is 19.1 Å². The first-order valence-electron chi connectivity index (χ1n) is 4.94. The lowest BCUT2D eigenvalue weighted by Gasteiger charge is -2.02. The molecule has 3 heteroatoms. The number of benzene rings is 1. The summed E-state index contributed by atoms with van der Waals surface area (Å²) in [5, 5.41) is 9.61. The van der Waals surface area contributed by atoms with Crippen LogP contribution in [0, 0.1) is 6.92 Å². The molecule has 0 aliphatic carbocycles. The van der Waals surface area contributed by atoms with Gasteiger partial charge in [0.1, 0.15) is 0 Å². The molecule has 3 nitrogen and oxygen atoms in total. The molecule has 0 atom stereocenters. The van der Waals surface area contributed by atoms with Gasteiger partial charge in [0.15, 0.2) is 0 Å². The van der Waals surface area contributed by atoms with E-state index in [1.165, 1.54) is 0 Å². The van der Waals surface area contributed by atoms with Gasteiger partial charge < -0.3 is 5.11 Å². The highest BCUT2D eigenvalue weighted by atomic mass is 16.4. The lowest BCUT2D eigenvalue weighted by atomic mass is 10.1. The van der Waals surface area contributed by atoms with Crippen LogP contribution in [0.2, 0.25) is 0 Å². The van der Waals surface area contributed by atoms with Crippen LogP contribution in [-0.4, -0.2) is 16.1 Å². The zero-order valence-corrected chi connectivity index (χ0v) is 8.84. The number of aromatic nitrogens is 1. The van der Waals surface area contributed by atoms with E-state index in [4.69, 9.17) is 5.11 Å². The predicted molar refractivity (Wildman–Crippen MR) is 63.1 cm³/mol. The molecule has 2 rings (SSSR count). The second-order valence-electron chi connectivity index (χ2n) is 3.54. The molecule has 0 saturated heterocycles. The first-order chi connectivity index (χ1) is 7.66. The first kappa shape index (κ1) is 10.4. The largest absolute Gasteiger partial charge is 0.478 e. The minimum atomic E-state index is -0.954. The van der Waals surface area contributed by atoms with Gasteiger partial charge in [-0.3, -0.25) is 4.98 Å². The number of hydrogen-bond acceptors (Lipinski definition) is 2. The molecule has 0 saturated carbocycles. The van der Waals surface area contributed by atoms with Crippen LogP contribution in [0.25, 0.3) is 17.0 Å². The van der Waals surface area contributed by atoms with Crippen LogP contribution in [0.5, 0.6) is 0 Å². The van der Waals surface area contributed by atoms with Gasteiger partial charge in [0.25, 0.3) is 0 Å². The molecule has 0 aliphatic rings.